The number of sulfonamides is 1. The van der Waals surface area contributed by atoms with Crippen LogP contribution in [0.5, 0.6) is 5.75 Å². The molecule has 0 saturated carbocycles. The highest BCUT2D eigenvalue weighted by atomic mass is 32.2. The summed E-state index contributed by atoms with van der Waals surface area (Å²) in [5.74, 6) is 0.0223. The molecule has 0 unspecified atom stereocenters. The van der Waals surface area contributed by atoms with Crippen LogP contribution in [0, 0.1) is 0 Å². The molecule has 2 saturated heterocycles. The Morgan fingerprint density at radius 3 is 2.53 bits per heavy atom. The van der Waals surface area contributed by atoms with Crippen molar-refractivity contribution in [1.29, 1.82) is 0 Å². The Bertz CT molecular complexity index is 1100. The van der Waals surface area contributed by atoms with Gasteiger partial charge in [0.15, 0.2) is 0 Å². The number of ether oxygens (including phenoxy) is 1. The van der Waals surface area contributed by atoms with Crippen molar-refractivity contribution in [3.05, 3.63) is 23.8 Å². The zero-order valence-electron chi connectivity index (χ0n) is 21.5. The number of carbonyl (C=O) groups excluding carboxylic acids is 2. The fraction of sp³-hybridized carbons (Fsp3) is 0.680. The molecule has 10 nitrogen and oxygen atoms in total. The molecule has 0 radical (unpaired) electrons. The molecule has 3 aliphatic heterocycles. The third kappa shape index (κ3) is 5.33. The highest BCUT2D eigenvalue weighted by Gasteiger charge is 2.47. The van der Waals surface area contributed by atoms with Crippen molar-refractivity contribution in [1.82, 2.24) is 19.8 Å². The van der Waals surface area contributed by atoms with Crippen molar-refractivity contribution in [2.24, 2.45) is 0 Å². The van der Waals surface area contributed by atoms with Crippen LogP contribution in [-0.4, -0.2) is 84.6 Å². The van der Waals surface area contributed by atoms with E-state index in [9.17, 15) is 23.1 Å². The Hall–Kier alpha value is -2.37. The molecule has 0 bridgehead atoms. The van der Waals surface area contributed by atoms with E-state index in [4.69, 9.17) is 4.74 Å². The molecule has 4 rings (SSSR count). The first-order valence-electron chi connectivity index (χ1n) is 12.8. The molecule has 2 atom stereocenters. The average molecular weight is 523 g/mol. The van der Waals surface area contributed by atoms with Crippen molar-refractivity contribution < 1.29 is 27.9 Å². The van der Waals surface area contributed by atoms with E-state index < -0.39 is 33.6 Å². The van der Waals surface area contributed by atoms with Crippen LogP contribution in [0.2, 0.25) is 0 Å². The topological polar surface area (TPSA) is 128 Å². The second-order valence-corrected chi connectivity index (χ2v) is 12.7. The number of amides is 3. The highest BCUT2D eigenvalue weighted by Crippen LogP contribution is 2.36. The van der Waals surface area contributed by atoms with Crippen LogP contribution in [0.1, 0.15) is 64.9 Å². The number of urea groups is 1. The largest absolute Gasteiger partial charge is 0.492 e. The van der Waals surface area contributed by atoms with E-state index >= 15 is 0 Å². The van der Waals surface area contributed by atoms with Gasteiger partial charge in [0.05, 0.1) is 12.7 Å². The van der Waals surface area contributed by atoms with Gasteiger partial charge < -0.3 is 25.4 Å². The quantitative estimate of drug-likeness (QED) is 0.543. The van der Waals surface area contributed by atoms with Gasteiger partial charge in [-0.2, -0.15) is 4.31 Å². The van der Waals surface area contributed by atoms with Crippen molar-refractivity contribution in [2.75, 3.05) is 26.2 Å². The van der Waals surface area contributed by atoms with E-state index in [2.05, 4.69) is 10.6 Å². The second-order valence-electron chi connectivity index (χ2n) is 10.8. The first kappa shape index (κ1) is 26.7. The molecule has 11 heteroatoms. The summed E-state index contributed by atoms with van der Waals surface area (Å²) < 4.78 is 34.6. The number of piperidine rings is 1. The summed E-state index contributed by atoms with van der Waals surface area (Å²) in [6, 6.07) is 3.95. The van der Waals surface area contributed by atoms with Crippen molar-refractivity contribution in [2.45, 2.75) is 87.9 Å². The first-order valence-corrected chi connectivity index (χ1v) is 14.2. The second kappa shape index (κ2) is 10.2. The van der Waals surface area contributed by atoms with Crippen molar-refractivity contribution in [3.63, 3.8) is 0 Å². The lowest BCUT2D eigenvalue weighted by molar-refractivity contribution is -0.127. The molecule has 2 fully saturated rings. The third-order valence-electron chi connectivity index (χ3n) is 7.40. The van der Waals surface area contributed by atoms with E-state index in [1.807, 2.05) is 27.7 Å². The predicted molar refractivity (Wildman–Crippen MR) is 134 cm³/mol. The van der Waals surface area contributed by atoms with Gasteiger partial charge in [-0.15, -0.1) is 0 Å². The van der Waals surface area contributed by atoms with Gasteiger partial charge in [0.1, 0.15) is 16.7 Å². The number of nitrogens with zero attached hydrogens (tertiary/aromatic N) is 2. The van der Waals surface area contributed by atoms with Gasteiger partial charge in [-0.25, -0.2) is 13.2 Å². The average Bonchev–Trinajstić information content (AvgIpc) is 3.21. The fourth-order valence-electron chi connectivity index (χ4n) is 5.24. The summed E-state index contributed by atoms with van der Waals surface area (Å²) in [4.78, 5) is 27.7. The highest BCUT2D eigenvalue weighted by molar-refractivity contribution is 7.89. The zero-order chi connectivity index (χ0) is 26.3. The van der Waals surface area contributed by atoms with Crippen LogP contribution in [-0.2, 0) is 14.8 Å². The summed E-state index contributed by atoms with van der Waals surface area (Å²) in [6.07, 6.45) is 0.613. The minimum atomic E-state index is -4.09. The number of aliphatic hydroxyl groups is 1. The number of rotatable bonds is 2. The number of nitrogens with one attached hydrogen (secondary N) is 2. The van der Waals surface area contributed by atoms with Crippen LogP contribution in [0.3, 0.4) is 0 Å². The molecule has 1 aromatic rings. The molecule has 3 amide bonds. The predicted octanol–water partition coefficient (Wildman–Crippen LogP) is 1.79. The molecule has 3 N–H and O–H groups in total. The van der Waals surface area contributed by atoms with E-state index in [-0.39, 0.29) is 48.2 Å². The number of benzene rings is 1. The zero-order valence-corrected chi connectivity index (χ0v) is 22.3. The van der Waals surface area contributed by atoms with Gasteiger partial charge in [0, 0.05) is 44.1 Å². The molecule has 1 aromatic carbocycles. The van der Waals surface area contributed by atoms with Gasteiger partial charge in [-0.3, -0.25) is 4.79 Å². The minimum absolute atomic E-state index is 0.00919. The maximum absolute atomic E-state index is 13.7. The van der Waals surface area contributed by atoms with Crippen LogP contribution in [0.25, 0.3) is 0 Å². The Labute approximate surface area is 213 Å². The monoisotopic (exact) mass is 522 g/mol. The Balaban J connectivity index is 1.66. The molecule has 36 heavy (non-hydrogen) atoms. The summed E-state index contributed by atoms with van der Waals surface area (Å²) in [5.41, 5.74) is 0.305. The number of hydrogen-bond acceptors (Lipinski definition) is 6. The molecule has 1 spiro atoms. The summed E-state index contributed by atoms with van der Waals surface area (Å²) in [7, 11) is -4.09. The Morgan fingerprint density at radius 2 is 1.89 bits per heavy atom. The standard InChI is InChI=1S/C25H38N4O6S/c1-16(2)18-5-6-22-21(13-18)35-12-9-25(7-10-28(11-8-25)24(32)26-17(3)4)27-23(31)20-14-19(30)15-29(20)36(22,33)34/h5-6,13,16-17,19-20,30H,7-12,14-15H2,1-4H3,(H,26,32)(H,27,31)/t19-,20+/m1/s1. The van der Waals surface area contributed by atoms with Crippen LogP contribution in [0.4, 0.5) is 4.79 Å². The fourth-order valence-corrected chi connectivity index (χ4v) is 6.99. The lowest BCUT2D eigenvalue weighted by Gasteiger charge is -2.43. The number of fused-ring (bicyclic) bond motifs is 2. The molecule has 3 heterocycles. The van der Waals surface area contributed by atoms with Crippen LogP contribution in [0.15, 0.2) is 23.1 Å². The normalized spacial score (nSPS) is 26.1. The van der Waals surface area contributed by atoms with Gasteiger partial charge in [-0.1, -0.05) is 19.9 Å². The third-order valence-corrected chi connectivity index (χ3v) is 9.32. The molecular formula is C25H38N4O6S. The summed E-state index contributed by atoms with van der Waals surface area (Å²) in [5, 5.41) is 16.4. The van der Waals surface area contributed by atoms with Crippen molar-refractivity contribution in [3.8, 4) is 5.75 Å². The molecule has 0 aromatic heterocycles. The Kier molecular flexibility index (Phi) is 7.55. The van der Waals surface area contributed by atoms with E-state index in [0.717, 1.165) is 9.87 Å². The van der Waals surface area contributed by atoms with E-state index in [1.165, 1.54) is 0 Å². The number of likely N-dealkylation sites (tertiary alicyclic amines) is 1. The summed E-state index contributed by atoms with van der Waals surface area (Å²) in [6.45, 7) is 8.85. The van der Waals surface area contributed by atoms with Gasteiger partial charge >= 0.3 is 6.03 Å². The van der Waals surface area contributed by atoms with Gasteiger partial charge in [-0.05, 0) is 50.3 Å². The van der Waals surface area contributed by atoms with E-state index in [0.29, 0.717) is 32.4 Å². The minimum Gasteiger partial charge on any atom is -0.492 e. The number of aliphatic hydroxyl groups excluding tert-OH is 1. The maximum atomic E-state index is 13.7. The van der Waals surface area contributed by atoms with Gasteiger partial charge in [0.2, 0.25) is 15.9 Å². The van der Waals surface area contributed by atoms with Crippen LogP contribution >= 0.6 is 0 Å². The lowest BCUT2D eigenvalue weighted by atomic mass is 9.84. The van der Waals surface area contributed by atoms with Gasteiger partial charge in [0.25, 0.3) is 0 Å². The summed E-state index contributed by atoms with van der Waals surface area (Å²) >= 11 is 0. The smallest absolute Gasteiger partial charge is 0.317 e. The van der Waals surface area contributed by atoms with E-state index in [1.54, 1.807) is 23.1 Å². The number of carbonyl (C=O) groups is 2. The number of hydrogen-bond donors (Lipinski definition) is 3. The van der Waals surface area contributed by atoms with Crippen molar-refractivity contribution >= 4 is 22.0 Å². The molecule has 3 aliphatic rings. The molecule has 0 aliphatic carbocycles. The Morgan fingerprint density at radius 1 is 1.19 bits per heavy atom. The maximum Gasteiger partial charge on any atom is 0.317 e. The van der Waals surface area contributed by atoms with Crippen LogP contribution < -0.4 is 15.4 Å². The molecular weight excluding hydrogens is 484 g/mol. The lowest BCUT2D eigenvalue weighted by Crippen LogP contribution is -2.60. The SMILES string of the molecule is CC(C)NC(=O)N1CCC2(CCOc3cc(C(C)C)ccc3S(=O)(=O)N3C[C@H](O)C[C@H]3C(=O)N2)CC1. The molecule has 200 valence electrons. The first-order chi connectivity index (χ1) is 16.9.